The van der Waals surface area contributed by atoms with E-state index in [1.54, 1.807) is 7.05 Å². The minimum atomic E-state index is -0.592. The van der Waals surface area contributed by atoms with E-state index in [-0.39, 0.29) is 23.3 Å². The molecule has 1 saturated carbocycles. The van der Waals surface area contributed by atoms with Gasteiger partial charge in [-0.15, -0.1) is 0 Å². The Hall–Kier alpha value is -1.30. The summed E-state index contributed by atoms with van der Waals surface area (Å²) >= 11 is 1.86. The fourth-order valence-electron chi connectivity index (χ4n) is 2.54. The summed E-state index contributed by atoms with van der Waals surface area (Å²) in [6, 6.07) is 1.56. The van der Waals surface area contributed by atoms with Crippen molar-refractivity contribution in [3.8, 4) is 0 Å². The van der Waals surface area contributed by atoms with Gasteiger partial charge in [-0.05, 0) is 24.7 Å². The highest BCUT2D eigenvalue weighted by molar-refractivity contribution is 7.99. The molecule has 6 heteroatoms. The van der Waals surface area contributed by atoms with Crippen LogP contribution in [0.15, 0.2) is 12.3 Å². The highest BCUT2D eigenvalue weighted by Crippen LogP contribution is 2.30. The van der Waals surface area contributed by atoms with Crippen molar-refractivity contribution in [2.24, 2.45) is 0 Å². The average molecular weight is 297 g/mol. The lowest BCUT2D eigenvalue weighted by Crippen LogP contribution is -2.39. The first kappa shape index (κ1) is 15.1. The summed E-state index contributed by atoms with van der Waals surface area (Å²) in [7, 11) is 1.58. The van der Waals surface area contributed by atoms with Gasteiger partial charge in [-0.2, -0.15) is 11.8 Å². The van der Waals surface area contributed by atoms with Crippen LogP contribution in [0, 0.1) is 5.82 Å². The van der Waals surface area contributed by atoms with Gasteiger partial charge in [0.25, 0.3) is 5.91 Å². The van der Waals surface area contributed by atoms with Crippen molar-refractivity contribution < 1.29 is 9.18 Å². The minimum absolute atomic E-state index is 0.0523. The Bertz CT molecular complexity index is 483. The highest BCUT2D eigenvalue weighted by Gasteiger charge is 2.29. The molecule has 1 aliphatic rings. The molecule has 0 spiro atoms. The third kappa shape index (κ3) is 3.23. The summed E-state index contributed by atoms with van der Waals surface area (Å²) in [6.45, 7) is 2.11. The van der Waals surface area contributed by atoms with Crippen molar-refractivity contribution in [3.63, 3.8) is 0 Å². The zero-order chi connectivity index (χ0) is 14.5. The molecule has 1 amide bonds. The summed E-state index contributed by atoms with van der Waals surface area (Å²) in [5.41, 5.74) is 0.0523. The molecule has 1 heterocycles. The second-order valence-electron chi connectivity index (χ2n) is 4.78. The maximum absolute atomic E-state index is 14.1. The Kier molecular flexibility index (Phi) is 5.23. The van der Waals surface area contributed by atoms with Gasteiger partial charge in [0.2, 0.25) is 0 Å². The quantitative estimate of drug-likeness (QED) is 0.877. The molecule has 1 aromatic heterocycles. The second kappa shape index (κ2) is 6.92. The van der Waals surface area contributed by atoms with Gasteiger partial charge in [-0.3, -0.25) is 4.79 Å². The van der Waals surface area contributed by atoms with Crippen molar-refractivity contribution in [2.75, 3.05) is 18.1 Å². The summed E-state index contributed by atoms with van der Waals surface area (Å²) < 4.78 is 14.1. The number of nitrogens with zero attached hydrogens (tertiary/aromatic N) is 1. The van der Waals surface area contributed by atoms with E-state index < -0.39 is 5.82 Å². The molecule has 4 nitrogen and oxygen atoms in total. The molecular formula is C14H20FN3OS. The van der Waals surface area contributed by atoms with Gasteiger partial charge in [0.15, 0.2) is 11.6 Å². The number of hydrogen-bond acceptors (Lipinski definition) is 4. The second-order valence-corrected chi connectivity index (χ2v) is 6.29. The molecule has 0 saturated heterocycles. The van der Waals surface area contributed by atoms with E-state index in [9.17, 15) is 9.18 Å². The summed E-state index contributed by atoms with van der Waals surface area (Å²) in [5.74, 6) is 0.189. The number of carbonyl (C=O) groups excluding carboxylic acids is 1. The first-order chi connectivity index (χ1) is 9.67. The average Bonchev–Trinajstić information content (AvgIpc) is 2.86. The predicted octanol–water partition coefficient (Wildman–Crippen LogP) is 2.67. The predicted molar refractivity (Wildman–Crippen MR) is 80.8 cm³/mol. The van der Waals surface area contributed by atoms with Crippen molar-refractivity contribution in [2.45, 2.75) is 37.5 Å². The number of pyridine rings is 1. The van der Waals surface area contributed by atoms with Gasteiger partial charge in [0, 0.05) is 24.5 Å². The van der Waals surface area contributed by atoms with E-state index in [1.807, 2.05) is 11.8 Å². The number of amides is 1. The van der Waals surface area contributed by atoms with Crippen LogP contribution >= 0.6 is 11.8 Å². The molecule has 0 aromatic carbocycles. The number of hydrogen-bond donors (Lipinski definition) is 2. The maximum atomic E-state index is 14.1. The van der Waals surface area contributed by atoms with Crippen LogP contribution in [-0.2, 0) is 0 Å². The lowest BCUT2D eigenvalue weighted by atomic mass is 10.2. The standard InChI is InChI=1S/C14H20FN3OS/c1-3-20-11-6-4-5-10(11)18-14(19)9-7-8-17-13(16-2)12(9)15/h7-8,10-11H,3-6H2,1-2H3,(H,16,17)(H,18,19). The molecule has 2 atom stereocenters. The number of rotatable bonds is 5. The van der Waals surface area contributed by atoms with Crippen molar-refractivity contribution >= 4 is 23.5 Å². The Morgan fingerprint density at radius 2 is 2.35 bits per heavy atom. The Balaban J connectivity index is 2.08. The van der Waals surface area contributed by atoms with Gasteiger partial charge in [0.05, 0.1) is 5.56 Å². The molecule has 110 valence electrons. The molecule has 1 fully saturated rings. The van der Waals surface area contributed by atoms with Crippen LogP contribution in [0.3, 0.4) is 0 Å². The lowest BCUT2D eigenvalue weighted by Gasteiger charge is -2.20. The number of nitrogens with one attached hydrogen (secondary N) is 2. The van der Waals surface area contributed by atoms with Crippen LogP contribution in [0.4, 0.5) is 10.2 Å². The maximum Gasteiger partial charge on any atom is 0.254 e. The highest BCUT2D eigenvalue weighted by atomic mass is 32.2. The molecule has 1 aliphatic carbocycles. The summed E-state index contributed by atoms with van der Waals surface area (Å²) in [6.07, 6.45) is 4.64. The lowest BCUT2D eigenvalue weighted by molar-refractivity contribution is 0.0934. The first-order valence-corrected chi connectivity index (χ1v) is 7.97. The molecule has 0 bridgehead atoms. The summed E-state index contributed by atoms with van der Waals surface area (Å²) in [5, 5.41) is 6.05. The monoisotopic (exact) mass is 297 g/mol. The third-order valence-electron chi connectivity index (χ3n) is 3.52. The summed E-state index contributed by atoms with van der Waals surface area (Å²) in [4.78, 5) is 16.1. The van der Waals surface area contributed by atoms with Gasteiger partial charge in [-0.25, -0.2) is 9.37 Å². The van der Waals surface area contributed by atoms with Crippen molar-refractivity contribution in [1.82, 2.24) is 10.3 Å². The van der Waals surface area contributed by atoms with E-state index in [1.165, 1.54) is 12.3 Å². The van der Waals surface area contributed by atoms with E-state index in [4.69, 9.17) is 0 Å². The molecule has 0 radical (unpaired) electrons. The number of carbonyl (C=O) groups is 1. The van der Waals surface area contributed by atoms with E-state index in [2.05, 4.69) is 22.5 Å². The van der Waals surface area contributed by atoms with Crippen molar-refractivity contribution in [3.05, 3.63) is 23.6 Å². The van der Waals surface area contributed by atoms with Gasteiger partial charge < -0.3 is 10.6 Å². The fraction of sp³-hybridized carbons (Fsp3) is 0.571. The Morgan fingerprint density at radius 3 is 3.05 bits per heavy atom. The van der Waals surface area contributed by atoms with Crippen LogP contribution in [0.5, 0.6) is 0 Å². The number of thioether (sulfide) groups is 1. The molecule has 1 aromatic rings. The molecule has 2 rings (SSSR count). The molecule has 2 unspecified atom stereocenters. The van der Waals surface area contributed by atoms with Gasteiger partial charge in [0.1, 0.15) is 0 Å². The SMILES string of the molecule is CCSC1CCCC1NC(=O)c1ccnc(NC)c1F. The minimum Gasteiger partial charge on any atom is -0.371 e. The molecule has 20 heavy (non-hydrogen) atoms. The number of anilines is 1. The van der Waals surface area contributed by atoms with Crippen LogP contribution < -0.4 is 10.6 Å². The normalized spacial score (nSPS) is 21.8. The van der Waals surface area contributed by atoms with E-state index >= 15 is 0 Å². The molecular weight excluding hydrogens is 277 g/mol. The smallest absolute Gasteiger partial charge is 0.254 e. The van der Waals surface area contributed by atoms with Crippen molar-refractivity contribution in [1.29, 1.82) is 0 Å². The third-order valence-corrected chi connectivity index (χ3v) is 4.85. The Labute approximate surface area is 122 Å². The zero-order valence-electron chi connectivity index (χ0n) is 11.8. The van der Waals surface area contributed by atoms with Crippen LogP contribution in [0.2, 0.25) is 0 Å². The van der Waals surface area contributed by atoms with E-state index in [0.717, 1.165) is 25.0 Å². The first-order valence-electron chi connectivity index (χ1n) is 6.92. The zero-order valence-corrected chi connectivity index (χ0v) is 12.6. The van der Waals surface area contributed by atoms with Gasteiger partial charge in [-0.1, -0.05) is 13.3 Å². The fourth-order valence-corrected chi connectivity index (χ4v) is 3.74. The van der Waals surface area contributed by atoms with E-state index in [0.29, 0.717) is 5.25 Å². The Morgan fingerprint density at radius 1 is 1.55 bits per heavy atom. The van der Waals surface area contributed by atoms with Crippen LogP contribution in [-0.4, -0.2) is 35.0 Å². The van der Waals surface area contributed by atoms with Gasteiger partial charge >= 0.3 is 0 Å². The molecule has 0 aliphatic heterocycles. The van der Waals surface area contributed by atoms with Crippen LogP contribution in [0.1, 0.15) is 36.5 Å². The topological polar surface area (TPSA) is 54.0 Å². The number of aromatic nitrogens is 1. The molecule has 2 N–H and O–H groups in total. The number of halogens is 1. The van der Waals surface area contributed by atoms with Crippen LogP contribution in [0.25, 0.3) is 0 Å². The largest absolute Gasteiger partial charge is 0.371 e.